The number of aromatic nitrogens is 2. The fourth-order valence-corrected chi connectivity index (χ4v) is 2.83. The van der Waals surface area contributed by atoms with Gasteiger partial charge in [-0.25, -0.2) is 0 Å². The molecule has 0 radical (unpaired) electrons. The molecule has 3 aromatic rings. The number of azo groups is 1. The molecular formula is C20H22N4O6. The van der Waals surface area contributed by atoms with E-state index in [4.69, 9.17) is 23.7 Å². The SMILES string of the molecule is COc1cc(OC)c(N=Nc2c(-c3ccc(OC)c(OC)c3)[nH][nH]c2=O)c(OC)c1. The lowest BCUT2D eigenvalue weighted by Crippen LogP contribution is -1.97. The van der Waals surface area contributed by atoms with Crippen molar-refractivity contribution in [2.45, 2.75) is 0 Å². The number of nitrogens with one attached hydrogen (secondary N) is 2. The van der Waals surface area contributed by atoms with Gasteiger partial charge in [0.05, 0.1) is 41.2 Å². The van der Waals surface area contributed by atoms with Crippen LogP contribution in [-0.2, 0) is 0 Å². The number of H-pyrrole nitrogens is 2. The Bertz CT molecular complexity index is 1090. The Morgan fingerprint density at radius 1 is 0.667 bits per heavy atom. The summed E-state index contributed by atoms with van der Waals surface area (Å²) in [5.74, 6) is 2.38. The van der Waals surface area contributed by atoms with E-state index in [1.807, 2.05) is 0 Å². The monoisotopic (exact) mass is 414 g/mol. The van der Waals surface area contributed by atoms with Crippen LogP contribution in [0.3, 0.4) is 0 Å². The van der Waals surface area contributed by atoms with Gasteiger partial charge in [0.15, 0.2) is 34.4 Å². The van der Waals surface area contributed by atoms with E-state index in [1.165, 1.54) is 28.4 Å². The quantitative estimate of drug-likeness (QED) is 0.541. The number of ether oxygens (including phenoxy) is 5. The molecule has 0 amide bonds. The van der Waals surface area contributed by atoms with Crippen molar-refractivity contribution in [2.75, 3.05) is 35.5 Å². The second-order valence-electron chi connectivity index (χ2n) is 5.95. The summed E-state index contributed by atoms with van der Waals surface area (Å²) in [6.45, 7) is 0. The van der Waals surface area contributed by atoms with E-state index in [1.54, 1.807) is 37.4 Å². The molecule has 0 aliphatic rings. The second kappa shape index (κ2) is 9.03. The summed E-state index contributed by atoms with van der Waals surface area (Å²) < 4.78 is 26.5. The molecule has 0 fully saturated rings. The Balaban J connectivity index is 2.07. The van der Waals surface area contributed by atoms with Crippen molar-refractivity contribution in [3.8, 4) is 40.0 Å². The van der Waals surface area contributed by atoms with Gasteiger partial charge >= 0.3 is 0 Å². The highest BCUT2D eigenvalue weighted by Crippen LogP contribution is 2.42. The maximum atomic E-state index is 12.3. The third kappa shape index (κ3) is 3.93. The van der Waals surface area contributed by atoms with Crippen molar-refractivity contribution < 1.29 is 23.7 Å². The van der Waals surface area contributed by atoms with Crippen LogP contribution in [0.4, 0.5) is 11.4 Å². The van der Waals surface area contributed by atoms with Crippen molar-refractivity contribution in [1.29, 1.82) is 0 Å². The van der Waals surface area contributed by atoms with Crippen LogP contribution in [0.5, 0.6) is 28.7 Å². The zero-order chi connectivity index (χ0) is 21.7. The molecule has 0 atom stereocenters. The first kappa shape index (κ1) is 20.8. The van der Waals surface area contributed by atoms with Gasteiger partial charge in [-0.15, -0.1) is 10.2 Å². The largest absolute Gasteiger partial charge is 0.496 e. The lowest BCUT2D eigenvalue weighted by Gasteiger charge is -2.11. The van der Waals surface area contributed by atoms with Crippen LogP contribution in [0.15, 0.2) is 45.4 Å². The molecule has 0 saturated heterocycles. The van der Waals surface area contributed by atoms with Crippen LogP contribution in [0, 0.1) is 0 Å². The first-order valence-electron chi connectivity index (χ1n) is 8.81. The molecule has 1 aromatic heterocycles. The van der Waals surface area contributed by atoms with E-state index < -0.39 is 5.56 Å². The fourth-order valence-electron chi connectivity index (χ4n) is 2.83. The molecule has 10 heteroatoms. The van der Waals surface area contributed by atoms with Gasteiger partial charge in [-0.3, -0.25) is 15.0 Å². The molecule has 0 aliphatic heterocycles. The number of methoxy groups -OCH3 is 5. The van der Waals surface area contributed by atoms with Gasteiger partial charge in [-0.1, -0.05) is 0 Å². The number of rotatable bonds is 8. The molecule has 2 aromatic carbocycles. The number of hydrogen-bond acceptors (Lipinski definition) is 8. The topological polar surface area (TPSA) is 120 Å². The van der Waals surface area contributed by atoms with Crippen LogP contribution in [-0.4, -0.2) is 45.7 Å². The normalized spacial score (nSPS) is 10.8. The van der Waals surface area contributed by atoms with E-state index >= 15 is 0 Å². The van der Waals surface area contributed by atoms with Gasteiger partial charge in [0.25, 0.3) is 5.56 Å². The molecule has 10 nitrogen and oxygen atoms in total. The van der Waals surface area contributed by atoms with E-state index in [0.29, 0.717) is 45.7 Å². The minimum atomic E-state index is -0.435. The Hall–Kier alpha value is -3.95. The molecular weight excluding hydrogens is 392 g/mol. The highest BCUT2D eigenvalue weighted by molar-refractivity contribution is 5.74. The maximum Gasteiger partial charge on any atom is 0.292 e. The number of hydrogen-bond donors (Lipinski definition) is 2. The molecule has 0 unspecified atom stereocenters. The maximum absolute atomic E-state index is 12.3. The summed E-state index contributed by atoms with van der Waals surface area (Å²) in [4.78, 5) is 12.3. The van der Waals surface area contributed by atoms with Crippen LogP contribution in [0.2, 0.25) is 0 Å². The van der Waals surface area contributed by atoms with Crippen LogP contribution in [0.25, 0.3) is 11.3 Å². The zero-order valence-corrected chi connectivity index (χ0v) is 17.2. The minimum absolute atomic E-state index is 0.0853. The summed E-state index contributed by atoms with van der Waals surface area (Å²) in [7, 11) is 7.59. The van der Waals surface area contributed by atoms with E-state index in [-0.39, 0.29) is 5.69 Å². The van der Waals surface area contributed by atoms with Gasteiger partial charge in [-0.2, -0.15) is 0 Å². The molecule has 1 heterocycles. The number of nitrogens with zero attached hydrogens (tertiary/aromatic N) is 2. The third-order valence-corrected chi connectivity index (χ3v) is 4.36. The van der Waals surface area contributed by atoms with Crippen LogP contribution >= 0.6 is 0 Å². The summed E-state index contributed by atoms with van der Waals surface area (Å²) in [6.07, 6.45) is 0. The van der Waals surface area contributed by atoms with Gasteiger partial charge < -0.3 is 23.7 Å². The van der Waals surface area contributed by atoms with Gasteiger partial charge in [0, 0.05) is 17.7 Å². The van der Waals surface area contributed by atoms with Crippen LogP contribution < -0.4 is 29.2 Å². The average molecular weight is 414 g/mol. The predicted octanol–water partition coefficient (Wildman–Crippen LogP) is 3.83. The van der Waals surface area contributed by atoms with Crippen molar-refractivity contribution in [2.24, 2.45) is 10.2 Å². The van der Waals surface area contributed by atoms with Crippen molar-refractivity contribution in [3.63, 3.8) is 0 Å². The molecule has 0 bridgehead atoms. The Kier molecular flexibility index (Phi) is 6.26. The summed E-state index contributed by atoms with van der Waals surface area (Å²) in [5, 5.41) is 13.7. The highest BCUT2D eigenvalue weighted by atomic mass is 16.5. The van der Waals surface area contributed by atoms with Crippen molar-refractivity contribution in [1.82, 2.24) is 10.2 Å². The lowest BCUT2D eigenvalue weighted by molar-refractivity contribution is 0.355. The molecule has 158 valence electrons. The van der Waals surface area contributed by atoms with Crippen molar-refractivity contribution >= 4 is 11.4 Å². The first-order valence-corrected chi connectivity index (χ1v) is 8.81. The van der Waals surface area contributed by atoms with Gasteiger partial charge in [0.2, 0.25) is 0 Å². The summed E-state index contributed by atoms with van der Waals surface area (Å²) in [6, 6.07) is 8.52. The highest BCUT2D eigenvalue weighted by Gasteiger charge is 2.17. The standard InChI is InChI=1S/C20H22N4O6/c1-26-12-9-15(29-4)18(16(10-12)30-5)22-23-19-17(21-24-20(19)25)11-6-7-13(27-2)14(8-11)28-3/h6-10H,1-5H3,(H2,21,24,25). The summed E-state index contributed by atoms with van der Waals surface area (Å²) in [5.41, 5.74) is 1.07. The average Bonchev–Trinajstić information content (AvgIpc) is 3.16. The Morgan fingerprint density at radius 3 is 1.83 bits per heavy atom. The van der Waals surface area contributed by atoms with Gasteiger partial charge in [-0.05, 0) is 18.2 Å². The third-order valence-electron chi connectivity index (χ3n) is 4.36. The van der Waals surface area contributed by atoms with E-state index in [9.17, 15) is 4.79 Å². The minimum Gasteiger partial charge on any atom is -0.496 e. The van der Waals surface area contributed by atoms with Crippen LogP contribution in [0.1, 0.15) is 0 Å². The molecule has 0 aliphatic carbocycles. The molecule has 0 spiro atoms. The zero-order valence-electron chi connectivity index (χ0n) is 17.2. The van der Waals surface area contributed by atoms with E-state index in [2.05, 4.69) is 20.4 Å². The fraction of sp³-hybridized carbons (Fsp3) is 0.250. The molecule has 2 N–H and O–H groups in total. The van der Waals surface area contributed by atoms with Gasteiger partial charge in [0.1, 0.15) is 5.75 Å². The number of aromatic amines is 2. The smallest absolute Gasteiger partial charge is 0.292 e. The molecule has 0 saturated carbocycles. The molecule has 3 rings (SSSR count). The predicted molar refractivity (Wildman–Crippen MR) is 110 cm³/mol. The first-order chi connectivity index (χ1) is 14.6. The lowest BCUT2D eigenvalue weighted by atomic mass is 10.1. The Morgan fingerprint density at radius 2 is 1.27 bits per heavy atom. The Labute approximate surface area is 172 Å². The summed E-state index contributed by atoms with van der Waals surface area (Å²) >= 11 is 0. The second-order valence-corrected chi connectivity index (χ2v) is 5.95. The molecule has 30 heavy (non-hydrogen) atoms. The van der Waals surface area contributed by atoms with Crippen molar-refractivity contribution in [3.05, 3.63) is 40.7 Å². The number of benzene rings is 2. The van der Waals surface area contributed by atoms with E-state index in [0.717, 1.165) is 0 Å².